The Morgan fingerprint density at radius 1 is 1.41 bits per heavy atom. The summed E-state index contributed by atoms with van der Waals surface area (Å²) in [6.45, 7) is 4.94. The molecule has 0 unspecified atom stereocenters. The van der Waals surface area contributed by atoms with Gasteiger partial charge in [0.25, 0.3) is 0 Å². The van der Waals surface area contributed by atoms with Crippen LogP contribution in [0.15, 0.2) is 24.4 Å². The Hall–Kier alpha value is -1.79. The molecule has 0 saturated heterocycles. The minimum atomic E-state index is 0.387. The molecular formula is C14H17N3. The van der Waals surface area contributed by atoms with Crippen molar-refractivity contribution in [2.75, 3.05) is 6.54 Å². The number of nitrogens with two attached hydrogens (primary N) is 1. The second-order valence-electron chi connectivity index (χ2n) is 4.54. The average Bonchev–Trinajstić information content (AvgIpc) is 2.68. The van der Waals surface area contributed by atoms with E-state index >= 15 is 0 Å². The lowest BCUT2D eigenvalue weighted by molar-refractivity contribution is 0.620. The second-order valence-corrected chi connectivity index (χ2v) is 4.54. The molecule has 0 radical (unpaired) electrons. The number of hydrogen-bond acceptors (Lipinski definition) is 2. The average molecular weight is 227 g/mol. The molecule has 0 atom stereocenters. The van der Waals surface area contributed by atoms with Crippen LogP contribution in [0.25, 0.3) is 10.9 Å². The molecule has 0 amide bonds. The lowest BCUT2D eigenvalue weighted by Crippen LogP contribution is -2.02. The van der Waals surface area contributed by atoms with Gasteiger partial charge in [0.15, 0.2) is 0 Å². The van der Waals surface area contributed by atoms with Crippen LogP contribution in [0.1, 0.15) is 31.0 Å². The van der Waals surface area contributed by atoms with Crippen molar-refractivity contribution < 1.29 is 0 Å². The predicted molar refractivity (Wildman–Crippen MR) is 69.8 cm³/mol. The highest BCUT2D eigenvalue weighted by Gasteiger charge is 2.10. The standard InChI is InChI=1S/C14H17N3/c1-10(2)17-9-12(5-6-15)13-4-3-11(8-16)7-14(13)17/h3-4,7,9-10H,5-6,15H2,1-2H3. The molecule has 17 heavy (non-hydrogen) atoms. The van der Waals surface area contributed by atoms with E-state index in [9.17, 15) is 0 Å². The SMILES string of the molecule is CC(C)n1cc(CCN)c2ccc(C#N)cc21. The Morgan fingerprint density at radius 3 is 2.76 bits per heavy atom. The third-order valence-electron chi connectivity index (χ3n) is 3.02. The van der Waals surface area contributed by atoms with Crippen molar-refractivity contribution in [3.05, 3.63) is 35.5 Å². The molecule has 88 valence electrons. The van der Waals surface area contributed by atoms with Crippen LogP contribution in [0.3, 0.4) is 0 Å². The summed E-state index contributed by atoms with van der Waals surface area (Å²) < 4.78 is 2.21. The van der Waals surface area contributed by atoms with Crippen LogP contribution in [0.5, 0.6) is 0 Å². The quantitative estimate of drug-likeness (QED) is 0.876. The van der Waals surface area contributed by atoms with Gasteiger partial charge >= 0.3 is 0 Å². The first-order valence-electron chi connectivity index (χ1n) is 5.91. The van der Waals surface area contributed by atoms with Gasteiger partial charge in [0.2, 0.25) is 0 Å². The summed E-state index contributed by atoms with van der Waals surface area (Å²) in [4.78, 5) is 0. The van der Waals surface area contributed by atoms with E-state index in [2.05, 4.69) is 30.7 Å². The van der Waals surface area contributed by atoms with Gasteiger partial charge in [-0.05, 0) is 44.5 Å². The maximum Gasteiger partial charge on any atom is 0.0992 e. The van der Waals surface area contributed by atoms with Gasteiger partial charge in [-0.1, -0.05) is 6.07 Å². The Bertz CT molecular complexity index is 573. The summed E-state index contributed by atoms with van der Waals surface area (Å²) in [6.07, 6.45) is 3.03. The van der Waals surface area contributed by atoms with Crippen LogP contribution in [0.2, 0.25) is 0 Å². The molecule has 3 nitrogen and oxygen atoms in total. The van der Waals surface area contributed by atoms with Crippen molar-refractivity contribution in [1.82, 2.24) is 4.57 Å². The molecule has 0 aliphatic heterocycles. The van der Waals surface area contributed by atoms with Crippen molar-refractivity contribution in [3.63, 3.8) is 0 Å². The first-order chi connectivity index (χ1) is 8.17. The Morgan fingerprint density at radius 2 is 2.18 bits per heavy atom. The smallest absolute Gasteiger partial charge is 0.0992 e. The molecule has 2 aromatic rings. The van der Waals surface area contributed by atoms with Gasteiger partial charge in [-0.25, -0.2) is 0 Å². The summed E-state index contributed by atoms with van der Waals surface area (Å²) in [7, 11) is 0. The highest BCUT2D eigenvalue weighted by Crippen LogP contribution is 2.25. The number of nitrogens with zero attached hydrogens (tertiary/aromatic N) is 2. The zero-order valence-corrected chi connectivity index (χ0v) is 10.3. The maximum absolute atomic E-state index is 8.96. The summed E-state index contributed by atoms with van der Waals surface area (Å²) in [5.74, 6) is 0. The van der Waals surface area contributed by atoms with Crippen LogP contribution < -0.4 is 5.73 Å². The topological polar surface area (TPSA) is 54.7 Å². The van der Waals surface area contributed by atoms with Gasteiger partial charge < -0.3 is 10.3 Å². The van der Waals surface area contributed by atoms with Gasteiger partial charge in [-0.3, -0.25) is 0 Å². The van der Waals surface area contributed by atoms with E-state index in [1.807, 2.05) is 18.2 Å². The summed E-state index contributed by atoms with van der Waals surface area (Å²) in [5.41, 5.74) is 8.73. The number of nitriles is 1. The normalized spacial score (nSPS) is 11.0. The van der Waals surface area contributed by atoms with E-state index in [-0.39, 0.29) is 0 Å². The molecule has 2 rings (SSSR count). The first kappa shape index (κ1) is 11.7. The maximum atomic E-state index is 8.96. The molecule has 0 aliphatic carbocycles. The molecule has 0 aliphatic rings. The Labute approximate surface area is 101 Å². The van der Waals surface area contributed by atoms with Crippen LogP contribution in [-0.4, -0.2) is 11.1 Å². The van der Waals surface area contributed by atoms with Crippen LogP contribution >= 0.6 is 0 Å². The van der Waals surface area contributed by atoms with E-state index < -0.39 is 0 Å². The minimum absolute atomic E-state index is 0.387. The zero-order chi connectivity index (χ0) is 12.4. The summed E-state index contributed by atoms with van der Waals surface area (Å²) in [5, 5.41) is 10.2. The number of aromatic nitrogens is 1. The van der Waals surface area contributed by atoms with E-state index in [4.69, 9.17) is 11.0 Å². The van der Waals surface area contributed by atoms with Gasteiger partial charge in [0.1, 0.15) is 0 Å². The van der Waals surface area contributed by atoms with E-state index in [1.54, 1.807) is 0 Å². The monoisotopic (exact) mass is 227 g/mol. The number of benzene rings is 1. The second kappa shape index (κ2) is 4.60. The van der Waals surface area contributed by atoms with Crippen molar-refractivity contribution in [2.24, 2.45) is 5.73 Å². The molecule has 1 heterocycles. The lowest BCUT2D eigenvalue weighted by Gasteiger charge is -2.08. The molecule has 0 bridgehead atoms. The fraction of sp³-hybridized carbons (Fsp3) is 0.357. The molecule has 0 spiro atoms. The van der Waals surface area contributed by atoms with Gasteiger partial charge in [0, 0.05) is 23.1 Å². The largest absolute Gasteiger partial charge is 0.345 e. The summed E-state index contributed by atoms with van der Waals surface area (Å²) in [6, 6.07) is 8.42. The Balaban J connectivity index is 2.68. The van der Waals surface area contributed by atoms with Crippen molar-refractivity contribution >= 4 is 10.9 Å². The van der Waals surface area contributed by atoms with Gasteiger partial charge in [-0.2, -0.15) is 5.26 Å². The third kappa shape index (κ3) is 2.04. The Kier molecular flexibility index (Phi) is 3.16. The fourth-order valence-corrected chi connectivity index (χ4v) is 2.18. The van der Waals surface area contributed by atoms with Crippen LogP contribution in [0.4, 0.5) is 0 Å². The number of hydrogen-bond donors (Lipinski definition) is 1. The highest BCUT2D eigenvalue weighted by atomic mass is 15.0. The van der Waals surface area contributed by atoms with E-state index in [0.717, 1.165) is 11.9 Å². The molecule has 0 fully saturated rings. The third-order valence-corrected chi connectivity index (χ3v) is 3.02. The molecule has 2 N–H and O–H groups in total. The molecule has 1 aromatic carbocycles. The molecule has 1 aromatic heterocycles. The fourth-order valence-electron chi connectivity index (χ4n) is 2.18. The molecule has 0 saturated carbocycles. The van der Waals surface area contributed by atoms with E-state index in [0.29, 0.717) is 18.2 Å². The van der Waals surface area contributed by atoms with Crippen molar-refractivity contribution in [1.29, 1.82) is 5.26 Å². The summed E-state index contributed by atoms with van der Waals surface area (Å²) >= 11 is 0. The minimum Gasteiger partial charge on any atom is -0.345 e. The predicted octanol–water partition coefficient (Wildman–Crippen LogP) is 2.60. The highest BCUT2D eigenvalue weighted by molar-refractivity contribution is 5.85. The van der Waals surface area contributed by atoms with Crippen LogP contribution in [-0.2, 0) is 6.42 Å². The molecule has 3 heteroatoms. The first-order valence-corrected chi connectivity index (χ1v) is 5.91. The van der Waals surface area contributed by atoms with E-state index in [1.165, 1.54) is 10.9 Å². The van der Waals surface area contributed by atoms with Crippen molar-refractivity contribution in [2.45, 2.75) is 26.3 Å². The van der Waals surface area contributed by atoms with Gasteiger partial charge in [-0.15, -0.1) is 0 Å². The number of fused-ring (bicyclic) bond motifs is 1. The number of rotatable bonds is 3. The molecular weight excluding hydrogens is 210 g/mol. The van der Waals surface area contributed by atoms with Gasteiger partial charge in [0.05, 0.1) is 11.6 Å². The van der Waals surface area contributed by atoms with Crippen molar-refractivity contribution in [3.8, 4) is 6.07 Å². The lowest BCUT2D eigenvalue weighted by atomic mass is 10.1. The van der Waals surface area contributed by atoms with Crippen LogP contribution in [0, 0.1) is 11.3 Å². The zero-order valence-electron chi connectivity index (χ0n) is 10.3.